The second-order valence-electron chi connectivity index (χ2n) is 14.5. The molecule has 4 heterocycles. The van der Waals surface area contributed by atoms with Crippen LogP contribution in [-0.2, 0) is 47.5 Å². The SMILES string of the molecule is CC[C@@H]1OC(=O)C=C[C@H](C)[C@@H](O[C@@H]2O[C@H](C)C[C@H](N(C)C)C2O)CC[C@@H](C)C(=O)C=C[C@@H]2O[C@@H]2[C@]1(O)CO[C@@H]1OC(C)[C@H](O)[C@H](OC)[C@@H]1OC. The van der Waals surface area contributed by atoms with Crippen molar-refractivity contribution in [2.24, 2.45) is 11.8 Å². The molecule has 16 atom stereocenters. The number of carbonyl (C=O) groups excluding carboxylic acids is 2. The summed E-state index contributed by atoms with van der Waals surface area (Å²) in [5, 5.41) is 33.9. The molecule has 4 aliphatic heterocycles. The molecule has 286 valence electrons. The summed E-state index contributed by atoms with van der Waals surface area (Å²) in [6.45, 7) is 8.72. The number of carbonyl (C=O) groups is 2. The van der Waals surface area contributed by atoms with E-state index in [0.29, 0.717) is 19.3 Å². The van der Waals surface area contributed by atoms with E-state index in [4.69, 9.17) is 37.9 Å². The van der Waals surface area contributed by atoms with Crippen LogP contribution >= 0.6 is 0 Å². The zero-order valence-corrected chi connectivity index (χ0v) is 30.9. The summed E-state index contributed by atoms with van der Waals surface area (Å²) >= 11 is 0. The van der Waals surface area contributed by atoms with E-state index in [1.807, 2.05) is 39.8 Å². The molecule has 0 aromatic rings. The van der Waals surface area contributed by atoms with Crippen molar-refractivity contribution in [1.29, 1.82) is 0 Å². The van der Waals surface area contributed by atoms with Crippen molar-refractivity contribution in [2.75, 3.05) is 34.9 Å². The quantitative estimate of drug-likeness (QED) is 0.232. The van der Waals surface area contributed by atoms with Crippen LogP contribution in [0.5, 0.6) is 0 Å². The first-order valence-electron chi connectivity index (χ1n) is 17.8. The normalized spacial score (nSPS) is 44.9. The van der Waals surface area contributed by atoms with Crippen LogP contribution in [0.4, 0.5) is 0 Å². The van der Waals surface area contributed by atoms with Gasteiger partial charge in [-0.15, -0.1) is 0 Å². The van der Waals surface area contributed by atoms with Gasteiger partial charge >= 0.3 is 5.97 Å². The molecule has 3 saturated heterocycles. The Hall–Kier alpha value is -1.82. The Morgan fingerprint density at radius 2 is 1.62 bits per heavy atom. The van der Waals surface area contributed by atoms with E-state index in [0.717, 1.165) is 0 Å². The minimum atomic E-state index is -1.85. The first-order chi connectivity index (χ1) is 23.6. The zero-order chi connectivity index (χ0) is 36.9. The van der Waals surface area contributed by atoms with Gasteiger partial charge in [0, 0.05) is 38.2 Å². The van der Waals surface area contributed by atoms with E-state index in [-0.39, 0.29) is 42.8 Å². The second-order valence-corrected chi connectivity index (χ2v) is 14.5. The van der Waals surface area contributed by atoms with Gasteiger partial charge in [0.25, 0.3) is 0 Å². The number of hydrogen-bond donors (Lipinski definition) is 3. The fraction of sp³-hybridized carbons (Fsp3) is 0.833. The van der Waals surface area contributed by atoms with Gasteiger partial charge in [0.05, 0.1) is 24.9 Å². The lowest BCUT2D eigenvalue weighted by Crippen LogP contribution is -2.60. The molecule has 3 N–H and O–H groups in total. The third-order valence-corrected chi connectivity index (χ3v) is 10.5. The van der Waals surface area contributed by atoms with Gasteiger partial charge in [-0.1, -0.05) is 26.8 Å². The maximum Gasteiger partial charge on any atom is 0.330 e. The van der Waals surface area contributed by atoms with E-state index in [9.17, 15) is 24.9 Å². The Morgan fingerprint density at radius 3 is 2.26 bits per heavy atom. The molecule has 50 heavy (non-hydrogen) atoms. The first-order valence-corrected chi connectivity index (χ1v) is 17.8. The number of rotatable bonds is 9. The van der Waals surface area contributed by atoms with Crippen LogP contribution in [0.15, 0.2) is 24.3 Å². The highest BCUT2D eigenvalue weighted by molar-refractivity contribution is 5.91. The van der Waals surface area contributed by atoms with Crippen LogP contribution in [0.25, 0.3) is 0 Å². The zero-order valence-electron chi connectivity index (χ0n) is 30.9. The van der Waals surface area contributed by atoms with E-state index >= 15 is 0 Å². The Kier molecular flexibility index (Phi) is 14.6. The molecule has 0 aromatic heterocycles. The van der Waals surface area contributed by atoms with E-state index in [1.165, 1.54) is 26.4 Å². The highest BCUT2D eigenvalue weighted by Crippen LogP contribution is 2.40. The van der Waals surface area contributed by atoms with E-state index in [1.54, 1.807) is 26.0 Å². The number of aliphatic hydroxyl groups excluding tert-OH is 2. The van der Waals surface area contributed by atoms with Crippen LogP contribution in [0.3, 0.4) is 0 Å². The molecular formula is C36H59NO13. The van der Waals surface area contributed by atoms with Crippen LogP contribution < -0.4 is 0 Å². The molecule has 0 bridgehead atoms. The number of allylic oxidation sites excluding steroid dienone is 1. The number of aliphatic hydroxyl groups is 3. The molecule has 0 aliphatic carbocycles. The Labute approximate surface area is 295 Å². The summed E-state index contributed by atoms with van der Waals surface area (Å²) in [7, 11) is 6.70. The number of esters is 1. The molecule has 14 heteroatoms. The summed E-state index contributed by atoms with van der Waals surface area (Å²) in [6.07, 6.45) is -1.38. The smallest absolute Gasteiger partial charge is 0.330 e. The van der Waals surface area contributed by atoms with Crippen molar-refractivity contribution in [1.82, 2.24) is 4.90 Å². The van der Waals surface area contributed by atoms with Crippen molar-refractivity contribution in [3.05, 3.63) is 24.3 Å². The number of ether oxygens (including phenoxy) is 8. The van der Waals surface area contributed by atoms with Crippen molar-refractivity contribution in [3.8, 4) is 0 Å². The highest BCUT2D eigenvalue weighted by atomic mass is 16.7. The number of hydrogen-bond acceptors (Lipinski definition) is 14. The van der Waals surface area contributed by atoms with Gasteiger partial charge in [-0.05, 0) is 65.8 Å². The summed E-state index contributed by atoms with van der Waals surface area (Å²) < 4.78 is 47.2. The predicted octanol–water partition coefficient (Wildman–Crippen LogP) is 1.52. The monoisotopic (exact) mass is 713 g/mol. The number of cyclic esters (lactones) is 1. The van der Waals surface area contributed by atoms with Crippen LogP contribution in [-0.4, -0.2) is 152 Å². The number of fused-ring (bicyclic) bond motifs is 1. The number of likely N-dealkylation sites (N-methyl/N-ethyl adjacent to an activating group) is 1. The molecule has 3 fully saturated rings. The standard InChI is InChI=1S/C36H59NO13/c1-10-27-36(42,18-45-35-32(44-9)31(43-8)29(40)22(5)47-35)33-26(48-33)15-13-24(38)19(2)11-14-25(20(3)12-16-28(39)50-27)49-34-30(41)23(37(6)7)17-21(4)46-34/h12-13,15-16,19-23,25-27,29-35,40-42H,10-11,14,17-18H2,1-9H3/t19-,20+,21-,22?,23+,25+,26+,27+,29+,30?,31+,32+,33+,34+,35-,36+/m1/s1. The predicted molar refractivity (Wildman–Crippen MR) is 180 cm³/mol. The number of ketones is 1. The summed E-state index contributed by atoms with van der Waals surface area (Å²) in [5.41, 5.74) is -1.85. The molecule has 0 aromatic carbocycles. The van der Waals surface area contributed by atoms with Crippen molar-refractivity contribution < 1.29 is 62.8 Å². The molecule has 2 unspecified atom stereocenters. The lowest BCUT2D eigenvalue weighted by Gasteiger charge is -2.43. The second kappa shape index (κ2) is 17.8. The van der Waals surface area contributed by atoms with Crippen molar-refractivity contribution >= 4 is 11.8 Å². The third-order valence-electron chi connectivity index (χ3n) is 10.5. The fourth-order valence-corrected chi connectivity index (χ4v) is 7.15. The average Bonchev–Trinajstić information content (AvgIpc) is 3.87. The van der Waals surface area contributed by atoms with Crippen molar-refractivity contribution in [2.45, 2.75) is 146 Å². The minimum Gasteiger partial charge on any atom is -0.456 e. The van der Waals surface area contributed by atoms with E-state index < -0.39 is 79.1 Å². The van der Waals surface area contributed by atoms with Crippen LogP contribution in [0, 0.1) is 11.8 Å². The Balaban J connectivity index is 1.57. The van der Waals surface area contributed by atoms with Crippen molar-refractivity contribution in [3.63, 3.8) is 0 Å². The largest absolute Gasteiger partial charge is 0.456 e. The lowest BCUT2D eigenvalue weighted by molar-refractivity contribution is -0.313. The third kappa shape index (κ3) is 9.58. The molecule has 4 rings (SSSR count). The molecule has 14 nitrogen and oxygen atoms in total. The average molecular weight is 714 g/mol. The topological polar surface area (TPSA) is 175 Å². The van der Waals surface area contributed by atoms with Gasteiger partial charge in [-0.25, -0.2) is 4.79 Å². The van der Waals surface area contributed by atoms with Gasteiger partial charge in [0.15, 0.2) is 24.0 Å². The van der Waals surface area contributed by atoms with Gasteiger partial charge in [0.2, 0.25) is 0 Å². The summed E-state index contributed by atoms with van der Waals surface area (Å²) in [6, 6.07) is -0.162. The fourth-order valence-electron chi connectivity index (χ4n) is 7.15. The lowest BCUT2D eigenvalue weighted by atomic mass is 9.89. The van der Waals surface area contributed by atoms with Crippen LogP contribution in [0.1, 0.15) is 60.3 Å². The maximum absolute atomic E-state index is 13.3. The van der Waals surface area contributed by atoms with Crippen LogP contribution in [0.2, 0.25) is 0 Å². The van der Waals surface area contributed by atoms with Gasteiger partial charge in [-0.3, -0.25) is 4.79 Å². The minimum absolute atomic E-state index is 0.113. The highest BCUT2D eigenvalue weighted by Gasteiger charge is 2.59. The van der Waals surface area contributed by atoms with Gasteiger partial charge < -0.3 is 58.1 Å². The summed E-state index contributed by atoms with van der Waals surface area (Å²) in [5.74, 6) is -1.49. The van der Waals surface area contributed by atoms with Gasteiger partial charge in [0.1, 0.15) is 42.7 Å². The maximum atomic E-state index is 13.3. The van der Waals surface area contributed by atoms with E-state index in [2.05, 4.69) is 0 Å². The molecular weight excluding hydrogens is 654 g/mol. The molecule has 4 aliphatic rings. The number of epoxide rings is 1. The molecule has 0 amide bonds. The summed E-state index contributed by atoms with van der Waals surface area (Å²) in [4.78, 5) is 28.5. The number of methoxy groups -OCH3 is 2. The Bertz CT molecular complexity index is 1180. The molecule has 0 saturated carbocycles. The van der Waals surface area contributed by atoms with Gasteiger partial charge in [-0.2, -0.15) is 0 Å². The molecule has 0 radical (unpaired) electrons. The number of nitrogens with zero attached hydrogens (tertiary/aromatic N) is 1. The molecule has 0 spiro atoms. The first kappa shape index (κ1) is 40.9. The Morgan fingerprint density at radius 1 is 0.920 bits per heavy atom.